The number of carbonyl (C=O) groups excluding carboxylic acids is 1. The Hall–Kier alpha value is -2.88. The van der Waals surface area contributed by atoms with Crippen LogP contribution in [0.25, 0.3) is 5.69 Å². The number of nitrogens with zero attached hydrogens (tertiary/aromatic N) is 2. The molecule has 0 aliphatic heterocycles. The van der Waals surface area contributed by atoms with E-state index in [1.807, 2.05) is 0 Å². The van der Waals surface area contributed by atoms with E-state index in [0.717, 1.165) is 18.2 Å². The Morgan fingerprint density at radius 1 is 1.21 bits per heavy atom. The van der Waals surface area contributed by atoms with Gasteiger partial charge >= 0.3 is 6.18 Å². The van der Waals surface area contributed by atoms with Crippen LogP contribution in [0.1, 0.15) is 5.56 Å². The van der Waals surface area contributed by atoms with Crippen molar-refractivity contribution in [3.05, 3.63) is 70.7 Å². The number of nitrogens with one attached hydrogen (secondary N) is 1. The Balaban J connectivity index is 1.76. The van der Waals surface area contributed by atoms with E-state index < -0.39 is 35.8 Å². The molecule has 0 saturated carbocycles. The molecule has 0 bridgehead atoms. The number of halogens is 5. The van der Waals surface area contributed by atoms with Gasteiger partial charge in [-0.25, -0.2) is 9.07 Å². The Labute approximate surface area is 165 Å². The molecule has 0 aliphatic rings. The molecule has 0 aliphatic carbocycles. The molecule has 0 atom stereocenters. The first-order valence-corrected chi connectivity index (χ1v) is 8.62. The van der Waals surface area contributed by atoms with Crippen LogP contribution < -0.4 is 10.1 Å². The van der Waals surface area contributed by atoms with Gasteiger partial charge in [0.2, 0.25) is 0 Å². The molecule has 0 fully saturated rings. The van der Waals surface area contributed by atoms with Crippen LogP contribution in [0.15, 0.2) is 59.3 Å². The predicted octanol–water partition coefficient (Wildman–Crippen LogP) is 4.81. The average Bonchev–Trinajstić information content (AvgIpc) is 3.15. The zero-order valence-corrected chi connectivity index (χ0v) is 15.6. The van der Waals surface area contributed by atoms with Gasteiger partial charge in [-0.3, -0.25) is 4.79 Å². The highest BCUT2D eigenvalue weighted by molar-refractivity contribution is 9.10. The number of anilines is 1. The quantitative estimate of drug-likeness (QED) is 0.559. The molecule has 1 aromatic heterocycles. The van der Waals surface area contributed by atoms with Crippen LogP contribution in [-0.2, 0) is 11.0 Å². The van der Waals surface area contributed by atoms with Gasteiger partial charge in [0.05, 0.1) is 16.9 Å². The third kappa shape index (κ3) is 4.69. The highest BCUT2D eigenvalue weighted by atomic mass is 79.9. The molecule has 10 heteroatoms. The van der Waals surface area contributed by atoms with E-state index in [4.69, 9.17) is 4.74 Å². The van der Waals surface area contributed by atoms with Gasteiger partial charge < -0.3 is 10.1 Å². The smallest absolute Gasteiger partial charge is 0.418 e. The van der Waals surface area contributed by atoms with Crippen molar-refractivity contribution >= 4 is 27.5 Å². The SMILES string of the molecule is O=C(COc1ccc(Br)cc1F)Nc1ccc(-n2cccn2)cc1C(F)(F)F. The minimum absolute atomic E-state index is 0.184. The van der Waals surface area contributed by atoms with Crippen LogP contribution in [0.2, 0.25) is 0 Å². The number of amides is 1. The maximum absolute atomic E-state index is 13.7. The average molecular weight is 458 g/mol. The molecule has 146 valence electrons. The minimum atomic E-state index is -4.70. The number of ether oxygens (including phenoxy) is 1. The van der Waals surface area contributed by atoms with Crippen LogP contribution in [0.3, 0.4) is 0 Å². The Bertz CT molecular complexity index is 991. The van der Waals surface area contributed by atoms with E-state index in [2.05, 4.69) is 26.3 Å². The lowest BCUT2D eigenvalue weighted by molar-refractivity contribution is -0.137. The summed E-state index contributed by atoms with van der Waals surface area (Å²) in [4.78, 5) is 12.0. The standard InChI is InChI=1S/C18H12BrF4N3O2/c19-11-2-5-16(14(20)8-11)28-10-17(27)25-15-4-3-12(26-7-1-6-24-26)9-13(15)18(21,22)23/h1-9H,10H2,(H,25,27). The van der Waals surface area contributed by atoms with Gasteiger partial charge in [0.15, 0.2) is 18.2 Å². The summed E-state index contributed by atoms with van der Waals surface area (Å²) in [7, 11) is 0. The summed E-state index contributed by atoms with van der Waals surface area (Å²) >= 11 is 3.08. The first kappa shape index (κ1) is 19.9. The summed E-state index contributed by atoms with van der Waals surface area (Å²) in [6.45, 7) is -0.656. The molecule has 3 rings (SSSR count). The van der Waals surface area contributed by atoms with Gasteiger partial charge in [0.1, 0.15) is 0 Å². The molecule has 1 N–H and O–H groups in total. The van der Waals surface area contributed by atoms with E-state index in [-0.39, 0.29) is 11.4 Å². The number of aromatic nitrogens is 2. The molecule has 2 aromatic carbocycles. The second-order valence-electron chi connectivity index (χ2n) is 5.59. The Kier molecular flexibility index (Phi) is 5.68. The zero-order valence-electron chi connectivity index (χ0n) is 14.0. The summed E-state index contributed by atoms with van der Waals surface area (Å²) in [6, 6.07) is 8.90. The van der Waals surface area contributed by atoms with Gasteiger partial charge in [-0.2, -0.15) is 18.3 Å². The van der Waals surface area contributed by atoms with Crippen LogP contribution in [0, 0.1) is 5.82 Å². The van der Waals surface area contributed by atoms with Crippen molar-refractivity contribution in [2.24, 2.45) is 0 Å². The summed E-state index contributed by atoms with van der Waals surface area (Å²) in [5.74, 6) is -1.76. The molecule has 0 saturated heterocycles. The number of hydrogen-bond donors (Lipinski definition) is 1. The fourth-order valence-corrected chi connectivity index (χ4v) is 2.69. The fourth-order valence-electron chi connectivity index (χ4n) is 2.36. The number of carbonyl (C=O) groups is 1. The molecule has 1 amide bonds. The molecule has 0 spiro atoms. The molecule has 1 heterocycles. The third-order valence-electron chi connectivity index (χ3n) is 3.60. The van der Waals surface area contributed by atoms with Crippen molar-refractivity contribution in [2.75, 3.05) is 11.9 Å². The highest BCUT2D eigenvalue weighted by Gasteiger charge is 2.34. The summed E-state index contributed by atoms with van der Waals surface area (Å²) in [6.07, 6.45) is -1.78. The minimum Gasteiger partial charge on any atom is -0.481 e. The Morgan fingerprint density at radius 3 is 2.64 bits per heavy atom. The van der Waals surface area contributed by atoms with E-state index in [1.165, 1.54) is 35.3 Å². The zero-order chi connectivity index (χ0) is 20.3. The van der Waals surface area contributed by atoms with Crippen molar-refractivity contribution in [3.63, 3.8) is 0 Å². The first-order valence-electron chi connectivity index (χ1n) is 7.83. The van der Waals surface area contributed by atoms with Gasteiger partial charge in [-0.1, -0.05) is 15.9 Å². The first-order chi connectivity index (χ1) is 13.2. The molecule has 3 aromatic rings. The lowest BCUT2D eigenvalue weighted by Gasteiger charge is -2.16. The predicted molar refractivity (Wildman–Crippen MR) is 96.8 cm³/mol. The number of hydrogen-bond acceptors (Lipinski definition) is 3. The van der Waals surface area contributed by atoms with E-state index >= 15 is 0 Å². The van der Waals surface area contributed by atoms with E-state index in [9.17, 15) is 22.4 Å². The summed E-state index contributed by atoms with van der Waals surface area (Å²) < 4.78 is 60.6. The maximum Gasteiger partial charge on any atom is 0.418 e. The molecule has 28 heavy (non-hydrogen) atoms. The summed E-state index contributed by atoms with van der Waals surface area (Å²) in [5.41, 5.74) is -1.29. The number of benzene rings is 2. The van der Waals surface area contributed by atoms with E-state index in [0.29, 0.717) is 4.47 Å². The van der Waals surface area contributed by atoms with Crippen molar-refractivity contribution < 1.29 is 27.1 Å². The van der Waals surface area contributed by atoms with Gasteiger partial charge in [-0.05, 0) is 42.5 Å². The highest BCUT2D eigenvalue weighted by Crippen LogP contribution is 2.36. The van der Waals surface area contributed by atoms with Crippen LogP contribution in [0.5, 0.6) is 5.75 Å². The Morgan fingerprint density at radius 2 is 2.00 bits per heavy atom. The van der Waals surface area contributed by atoms with Gasteiger partial charge in [0.25, 0.3) is 5.91 Å². The van der Waals surface area contributed by atoms with Crippen LogP contribution in [0.4, 0.5) is 23.2 Å². The second-order valence-corrected chi connectivity index (χ2v) is 6.51. The van der Waals surface area contributed by atoms with Crippen LogP contribution >= 0.6 is 15.9 Å². The molecular formula is C18H12BrF4N3O2. The molecule has 5 nitrogen and oxygen atoms in total. The van der Waals surface area contributed by atoms with E-state index in [1.54, 1.807) is 6.07 Å². The fraction of sp³-hybridized carbons (Fsp3) is 0.111. The lowest BCUT2D eigenvalue weighted by atomic mass is 10.1. The third-order valence-corrected chi connectivity index (χ3v) is 4.10. The van der Waals surface area contributed by atoms with Crippen molar-refractivity contribution in [3.8, 4) is 11.4 Å². The van der Waals surface area contributed by atoms with Crippen LogP contribution in [-0.4, -0.2) is 22.3 Å². The van der Waals surface area contributed by atoms with Gasteiger partial charge in [-0.15, -0.1) is 0 Å². The maximum atomic E-state index is 13.7. The molecular weight excluding hydrogens is 446 g/mol. The second kappa shape index (κ2) is 8.01. The largest absolute Gasteiger partial charge is 0.481 e. The molecule has 0 radical (unpaired) electrons. The lowest BCUT2D eigenvalue weighted by Crippen LogP contribution is -2.22. The topological polar surface area (TPSA) is 56.1 Å². The molecule has 0 unspecified atom stereocenters. The monoisotopic (exact) mass is 457 g/mol. The van der Waals surface area contributed by atoms with Crippen molar-refractivity contribution in [2.45, 2.75) is 6.18 Å². The number of rotatable bonds is 5. The van der Waals surface area contributed by atoms with Gasteiger partial charge in [0, 0.05) is 16.9 Å². The van der Waals surface area contributed by atoms with Crippen molar-refractivity contribution in [1.82, 2.24) is 9.78 Å². The summed E-state index contributed by atoms with van der Waals surface area (Å²) in [5, 5.41) is 6.03. The number of alkyl halides is 3. The normalized spacial score (nSPS) is 11.3. The van der Waals surface area contributed by atoms with Crippen molar-refractivity contribution in [1.29, 1.82) is 0 Å².